The van der Waals surface area contributed by atoms with E-state index in [0.717, 1.165) is 51.4 Å². The summed E-state index contributed by atoms with van der Waals surface area (Å²) in [7, 11) is 0. The van der Waals surface area contributed by atoms with Crippen molar-refractivity contribution in [3.05, 3.63) is 0 Å². The van der Waals surface area contributed by atoms with Gasteiger partial charge in [-0.2, -0.15) is 0 Å². The highest BCUT2D eigenvalue weighted by Crippen LogP contribution is 2.17. The summed E-state index contributed by atoms with van der Waals surface area (Å²) in [6.45, 7) is 0.504. The molecule has 9 nitrogen and oxygen atoms in total. The van der Waals surface area contributed by atoms with Gasteiger partial charge in [-0.25, -0.2) is 14.4 Å². The highest BCUT2D eigenvalue weighted by atomic mass is 16.7. The summed E-state index contributed by atoms with van der Waals surface area (Å²) in [6, 6.07) is -0.000939. The third-order valence-electron chi connectivity index (χ3n) is 5.10. The molecule has 0 aromatic heterocycles. The molecule has 0 aromatic rings. The van der Waals surface area contributed by atoms with Crippen molar-refractivity contribution >= 4 is 18.2 Å². The number of carbonyl (C=O) groups excluding carboxylic acids is 3. The van der Waals surface area contributed by atoms with E-state index in [1.54, 1.807) is 0 Å². The summed E-state index contributed by atoms with van der Waals surface area (Å²) in [5.41, 5.74) is 0. The number of amides is 4. The van der Waals surface area contributed by atoms with E-state index in [0.29, 0.717) is 0 Å². The van der Waals surface area contributed by atoms with E-state index in [-0.39, 0.29) is 50.4 Å². The Morgan fingerprint density at radius 1 is 0.643 bits per heavy atom. The second-order valence-electron chi connectivity index (χ2n) is 7.42. The topological polar surface area (TPSA) is 118 Å². The van der Waals surface area contributed by atoms with Crippen LogP contribution in [0.3, 0.4) is 0 Å². The number of urea groups is 2. The van der Waals surface area contributed by atoms with Crippen LogP contribution in [0.15, 0.2) is 0 Å². The van der Waals surface area contributed by atoms with Gasteiger partial charge in [-0.15, -0.1) is 0 Å². The molecular weight excluding hydrogens is 364 g/mol. The number of carbonyl (C=O) groups is 3. The summed E-state index contributed by atoms with van der Waals surface area (Å²) in [6.07, 6.45) is 10.3. The van der Waals surface area contributed by atoms with E-state index in [2.05, 4.69) is 21.3 Å². The zero-order valence-corrected chi connectivity index (χ0v) is 16.6. The third-order valence-corrected chi connectivity index (χ3v) is 5.10. The lowest BCUT2D eigenvalue weighted by atomic mass is 9.96. The Bertz CT molecular complexity index is 449. The zero-order chi connectivity index (χ0) is 20.0. The highest BCUT2D eigenvalue weighted by molar-refractivity contribution is 5.74. The molecule has 0 heterocycles. The zero-order valence-electron chi connectivity index (χ0n) is 16.6. The molecule has 0 unspecified atom stereocenters. The molecule has 0 saturated heterocycles. The van der Waals surface area contributed by atoms with Crippen molar-refractivity contribution in [3.8, 4) is 0 Å². The molecule has 9 heteroatoms. The van der Waals surface area contributed by atoms with Crippen LogP contribution in [0.5, 0.6) is 0 Å². The molecule has 2 aliphatic rings. The predicted molar refractivity (Wildman–Crippen MR) is 104 cm³/mol. The first-order valence-corrected chi connectivity index (χ1v) is 10.5. The molecule has 2 aliphatic carbocycles. The van der Waals surface area contributed by atoms with Gasteiger partial charge < -0.3 is 30.7 Å². The van der Waals surface area contributed by atoms with Crippen LogP contribution in [0.25, 0.3) is 0 Å². The molecule has 2 rings (SSSR count). The predicted octanol–water partition coefficient (Wildman–Crippen LogP) is 2.40. The summed E-state index contributed by atoms with van der Waals surface area (Å²) >= 11 is 0. The third kappa shape index (κ3) is 9.66. The molecular formula is C19H34N4O5. The molecule has 28 heavy (non-hydrogen) atoms. The van der Waals surface area contributed by atoms with Gasteiger partial charge in [0.2, 0.25) is 0 Å². The first kappa shape index (κ1) is 22.1. The van der Waals surface area contributed by atoms with Gasteiger partial charge in [0.05, 0.1) is 13.1 Å². The summed E-state index contributed by atoms with van der Waals surface area (Å²) < 4.78 is 9.76. The first-order chi connectivity index (χ1) is 13.6. The Labute approximate surface area is 166 Å². The second-order valence-corrected chi connectivity index (χ2v) is 7.42. The number of rotatable bonds is 8. The average Bonchev–Trinajstić information content (AvgIpc) is 2.70. The Morgan fingerprint density at radius 2 is 1.04 bits per heavy atom. The van der Waals surface area contributed by atoms with Gasteiger partial charge in [0.1, 0.15) is 13.2 Å². The van der Waals surface area contributed by atoms with Crippen LogP contribution in [-0.2, 0) is 9.47 Å². The Kier molecular flexibility index (Phi) is 10.3. The molecule has 2 fully saturated rings. The molecule has 2 saturated carbocycles. The lowest BCUT2D eigenvalue weighted by molar-refractivity contribution is 0.0572. The normalized spacial score (nSPS) is 18.0. The van der Waals surface area contributed by atoms with Gasteiger partial charge in [0.25, 0.3) is 0 Å². The van der Waals surface area contributed by atoms with Crippen LogP contribution in [0.2, 0.25) is 0 Å². The quantitative estimate of drug-likeness (QED) is 0.370. The fourth-order valence-corrected chi connectivity index (χ4v) is 3.61. The van der Waals surface area contributed by atoms with Gasteiger partial charge in [0, 0.05) is 12.1 Å². The fraction of sp³-hybridized carbons (Fsp3) is 0.842. The van der Waals surface area contributed by atoms with Crippen LogP contribution < -0.4 is 21.3 Å². The van der Waals surface area contributed by atoms with Gasteiger partial charge in [-0.05, 0) is 25.7 Å². The van der Waals surface area contributed by atoms with Crippen molar-refractivity contribution < 1.29 is 23.9 Å². The summed E-state index contributed by atoms with van der Waals surface area (Å²) in [5.74, 6) is 0. The van der Waals surface area contributed by atoms with Crippen molar-refractivity contribution in [2.75, 3.05) is 26.3 Å². The maximum atomic E-state index is 11.7. The standard InChI is InChI=1S/C19H34N4O5/c24-17(22-15-7-3-1-4-8-15)20-11-13-27-19(26)28-14-12-21-18(25)23-16-9-5-2-6-10-16/h15-16H,1-14H2,(H2,20,22,24)(H2,21,23,25). The maximum absolute atomic E-state index is 11.7. The van der Waals surface area contributed by atoms with Gasteiger partial charge in [-0.1, -0.05) is 38.5 Å². The van der Waals surface area contributed by atoms with Crippen LogP contribution in [-0.4, -0.2) is 56.6 Å². The van der Waals surface area contributed by atoms with E-state index in [1.807, 2.05) is 0 Å². The largest absolute Gasteiger partial charge is 0.508 e. The molecule has 0 atom stereocenters. The molecule has 0 bridgehead atoms. The summed E-state index contributed by atoms with van der Waals surface area (Å²) in [4.78, 5) is 34.9. The molecule has 4 amide bonds. The lowest BCUT2D eigenvalue weighted by Gasteiger charge is -2.22. The van der Waals surface area contributed by atoms with E-state index >= 15 is 0 Å². The fourth-order valence-electron chi connectivity index (χ4n) is 3.61. The first-order valence-electron chi connectivity index (χ1n) is 10.5. The Hall–Kier alpha value is -2.19. The van der Waals surface area contributed by atoms with E-state index < -0.39 is 6.16 Å². The van der Waals surface area contributed by atoms with Crippen molar-refractivity contribution in [1.82, 2.24) is 21.3 Å². The number of hydrogen-bond acceptors (Lipinski definition) is 5. The second kappa shape index (κ2) is 13.1. The molecule has 0 aromatic carbocycles. The molecule has 0 radical (unpaired) electrons. The minimum atomic E-state index is -0.816. The van der Waals surface area contributed by atoms with Crippen LogP contribution in [0.1, 0.15) is 64.2 Å². The van der Waals surface area contributed by atoms with Crippen molar-refractivity contribution in [3.63, 3.8) is 0 Å². The van der Waals surface area contributed by atoms with Crippen LogP contribution in [0.4, 0.5) is 14.4 Å². The van der Waals surface area contributed by atoms with E-state index in [4.69, 9.17) is 9.47 Å². The van der Waals surface area contributed by atoms with E-state index in [1.165, 1.54) is 12.8 Å². The van der Waals surface area contributed by atoms with E-state index in [9.17, 15) is 14.4 Å². The molecule has 160 valence electrons. The minimum Gasteiger partial charge on any atom is -0.432 e. The minimum absolute atomic E-state index is 0.0342. The number of ether oxygens (including phenoxy) is 2. The number of hydrogen-bond donors (Lipinski definition) is 4. The van der Waals surface area contributed by atoms with Crippen LogP contribution in [0, 0.1) is 0 Å². The van der Waals surface area contributed by atoms with Crippen molar-refractivity contribution in [1.29, 1.82) is 0 Å². The average molecular weight is 399 g/mol. The number of nitrogens with one attached hydrogen (secondary N) is 4. The van der Waals surface area contributed by atoms with Crippen molar-refractivity contribution in [2.24, 2.45) is 0 Å². The molecule has 0 spiro atoms. The Balaban J connectivity index is 1.41. The van der Waals surface area contributed by atoms with Crippen molar-refractivity contribution in [2.45, 2.75) is 76.3 Å². The smallest absolute Gasteiger partial charge is 0.432 e. The van der Waals surface area contributed by atoms with Gasteiger partial charge in [0.15, 0.2) is 0 Å². The molecule has 4 N–H and O–H groups in total. The Morgan fingerprint density at radius 3 is 1.43 bits per heavy atom. The van der Waals surface area contributed by atoms with Crippen LogP contribution >= 0.6 is 0 Å². The SMILES string of the molecule is O=C(NCCOC(=O)OCCNC(=O)NC1CCCCC1)NC1CCCCC1. The monoisotopic (exact) mass is 398 g/mol. The van der Waals surface area contributed by atoms with Gasteiger partial charge in [-0.3, -0.25) is 0 Å². The maximum Gasteiger partial charge on any atom is 0.508 e. The lowest BCUT2D eigenvalue weighted by Crippen LogP contribution is -2.44. The van der Waals surface area contributed by atoms with Gasteiger partial charge >= 0.3 is 18.2 Å². The summed E-state index contributed by atoms with van der Waals surface area (Å²) in [5, 5.41) is 11.2. The molecule has 0 aliphatic heterocycles. The highest BCUT2D eigenvalue weighted by Gasteiger charge is 2.16.